The minimum Gasteiger partial charge on any atom is -0.480 e. The molecule has 0 aliphatic heterocycles. The van der Waals surface area contributed by atoms with Crippen LogP contribution in [-0.2, 0) is 19.1 Å². The lowest BCUT2D eigenvalue weighted by Crippen LogP contribution is -2.28. The van der Waals surface area contributed by atoms with Crippen molar-refractivity contribution in [2.24, 2.45) is 0 Å². The Morgan fingerprint density at radius 3 is 1.68 bits per heavy atom. The molecule has 0 aromatic carbocycles. The smallest absolute Gasteiger partial charge is 0.322 e. The van der Waals surface area contributed by atoms with Crippen molar-refractivity contribution in [3.8, 4) is 0 Å². The third-order valence-corrected chi connectivity index (χ3v) is 7.42. The monoisotopic (exact) mass is 565 g/mol. The molecule has 6 nitrogen and oxygen atoms in total. The summed E-state index contributed by atoms with van der Waals surface area (Å²) in [4.78, 5) is 34.6. The minimum absolute atomic E-state index is 0.0844. The molecule has 0 bridgehead atoms. The Kier molecular flexibility index (Phi) is 28.7. The van der Waals surface area contributed by atoms with Crippen LogP contribution in [0.2, 0.25) is 0 Å². The van der Waals surface area contributed by atoms with Gasteiger partial charge in [0.25, 0.3) is 0 Å². The van der Waals surface area contributed by atoms with Crippen molar-refractivity contribution < 1.29 is 24.2 Å². The van der Waals surface area contributed by atoms with Gasteiger partial charge < -0.3 is 15.2 Å². The standard InChI is InChI=1S/C34H63NO5/c1-3-5-7-9-11-12-13-14-15-16-17-19-25-29-34(39)40-31(26-22-18-10-8-6-4-2)27-23-20-21-24-28-32(36)35-30-33(37)38/h22,26,31H,3-21,23-25,27-30H2,1-2H3,(H,35,36)(H,37,38)/b26-22-. The summed E-state index contributed by atoms with van der Waals surface area (Å²) in [6.07, 6.45) is 32.0. The molecule has 1 unspecified atom stereocenters. The zero-order chi connectivity index (χ0) is 29.5. The Morgan fingerprint density at radius 1 is 0.650 bits per heavy atom. The summed E-state index contributed by atoms with van der Waals surface area (Å²) in [5.41, 5.74) is 0. The molecule has 2 N–H and O–H groups in total. The number of esters is 1. The van der Waals surface area contributed by atoms with Crippen LogP contribution < -0.4 is 5.32 Å². The first-order chi connectivity index (χ1) is 19.5. The number of carbonyl (C=O) groups is 3. The highest BCUT2D eigenvalue weighted by Crippen LogP contribution is 2.15. The van der Waals surface area contributed by atoms with E-state index in [0.717, 1.165) is 51.4 Å². The van der Waals surface area contributed by atoms with E-state index in [4.69, 9.17) is 9.84 Å². The fourth-order valence-corrected chi connectivity index (χ4v) is 4.89. The Morgan fingerprint density at radius 2 is 1.12 bits per heavy atom. The molecule has 234 valence electrons. The maximum Gasteiger partial charge on any atom is 0.322 e. The maximum absolute atomic E-state index is 12.5. The lowest BCUT2D eigenvalue weighted by Gasteiger charge is -2.15. The Bertz CT molecular complexity index is 634. The molecule has 0 aliphatic rings. The summed E-state index contributed by atoms with van der Waals surface area (Å²) in [5.74, 6) is -1.33. The van der Waals surface area contributed by atoms with Crippen molar-refractivity contribution in [1.82, 2.24) is 5.32 Å². The number of unbranched alkanes of at least 4 members (excludes halogenated alkanes) is 19. The van der Waals surface area contributed by atoms with Crippen LogP contribution in [0.4, 0.5) is 0 Å². The van der Waals surface area contributed by atoms with Gasteiger partial charge in [0.15, 0.2) is 0 Å². The number of amides is 1. The lowest BCUT2D eigenvalue weighted by atomic mass is 10.0. The highest BCUT2D eigenvalue weighted by molar-refractivity contribution is 5.80. The van der Waals surface area contributed by atoms with Gasteiger partial charge >= 0.3 is 11.9 Å². The van der Waals surface area contributed by atoms with Crippen molar-refractivity contribution in [3.63, 3.8) is 0 Å². The summed E-state index contributed by atoms with van der Waals surface area (Å²) >= 11 is 0. The minimum atomic E-state index is -1.03. The van der Waals surface area contributed by atoms with E-state index in [1.54, 1.807) is 0 Å². The number of hydrogen-bond acceptors (Lipinski definition) is 4. The van der Waals surface area contributed by atoms with E-state index in [-0.39, 0.29) is 24.5 Å². The van der Waals surface area contributed by atoms with Crippen LogP contribution in [0.25, 0.3) is 0 Å². The van der Waals surface area contributed by atoms with Crippen molar-refractivity contribution >= 4 is 17.8 Å². The third kappa shape index (κ3) is 29.1. The van der Waals surface area contributed by atoms with E-state index in [0.29, 0.717) is 12.8 Å². The fraction of sp³-hybridized carbons (Fsp3) is 0.853. The number of aliphatic carboxylic acids is 1. The van der Waals surface area contributed by atoms with Crippen LogP contribution in [0.1, 0.15) is 174 Å². The van der Waals surface area contributed by atoms with Gasteiger partial charge in [-0.1, -0.05) is 129 Å². The van der Waals surface area contributed by atoms with E-state index < -0.39 is 5.97 Å². The van der Waals surface area contributed by atoms with E-state index >= 15 is 0 Å². The maximum atomic E-state index is 12.5. The molecule has 0 heterocycles. The predicted octanol–water partition coefficient (Wildman–Crippen LogP) is 9.45. The summed E-state index contributed by atoms with van der Waals surface area (Å²) in [6.45, 7) is 4.16. The molecular formula is C34H63NO5. The van der Waals surface area contributed by atoms with Gasteiger partial charge in [0.05, 0.1) is 0 Å². The van der Waals surface area contributed by atoms with E-state index in [2.05, 4.69) is 31.3 Å². The first-order valence-electron chi connectivity index (χ1n) is 16.8. The molecule has 0 fully saturated rings. The van der Waals surface area contributed by atoms with Crippen LogP contribution in [0.5, 0.6) is 0 Å². The topological polar surface area (TPSA) is 92.7 Å². The fourth-order valence-electron chi connectivity index (χ4n) is 4.89. The molecule has 0 saturated carbocycles. The number of hydrogen-bond donors (Lipinski definition) is 2. The molecule has 1 amide bonds. The van der Waals surface area contributed by atoms with Gasteiger partial charge in [-0.2, -0.15) is 0 Å². The van der Waals surface area contributed by atoms with E-state index in [1.807, 2.05) is 0 Å². The summed E-state index contributed by atoms with van der Waals surface area (Å²) in [5, 5.41) is 11.0. The largest absolute Gasteiger partial charge is 0.480 e. The zero-order valence-electron chi connectivity index (χ0n) is 26.2. The molecule has 40 heavy (non-hydrogen) atoms. The third-order valence-electron chi connectivity index (χ3n) is 7.42. The first kappa shape index (κ1) is 38.1. The normalized spacial score (nSPS) is 12.1. The van der Waals surface area contributed by atoms with Crippen LogP contribution in [0.15, 0.2) is 12.2 Å². The number of carbonyl (C=O) groups excluding carboxylic acids is 2. The lowest BCUT2D eigenvalue weighted by molar-refractivity contribution is -0.147. The number of carboxylic acids is 1. The second kappa shape index (κ2) is 30.1. The van der Waals surface area contributed by atoms with Crippen LogP contribution >= 0.6 is 0 Å². The molecule has 0 aliphatic carbocycles. The molecule has 1 atom stereocenters. The molecule has 0 aromatic rings. The van der Waals surface area contributed by atoms with Gasteiger partial charge in [0.1, 0.15) is 12.6 Å². The number of nitrogens with one attached hydrogen (secondary N) is 1. The summed E-state index contributed by atoms with van der Waals surface area (Å²) in [6, 6.07) is 0. The molecule has 0 radical (unpaired) electrons. The van der Waals surface area contributed by atoms with E-state index in [9.17, 15) is 14.4 Å². The van der Waals surface area contributed by atoms with Gasteiger partial charge in [-0.15, -0.1) is 0 Å². The predicted molar refractivity (Wildman–Crippen MR) is 166 cm³/mol. The average molecular weight is 566 g/mol. The van der Waals surface area contributed by atoms with Gasteiger partial charge in [-0.25, -0.2) is 0 Å². The Labute approximate surface area is 246 Å². The highest BCUT2D eigenvalue weighted by Gasteiger charge is 2.12. The average Bonchev–Trinajstić information content (AvgIpc) is 2.93. The zero-order valence-corrected chi connectivity index (χ0v) is 26.2. The number of rotatable bonds is 30. The number of ether oxygens (including phenoxy) is 1. The highest BCUT2D eigenvalue weighted by atomic mass is 16.5. The summed E-state index contributed by atoms with van der Waals surface area (Å²) in [7, 11) is 0. The molecule has 0 saturated heterocycles. The molecule has 0 aromatic heterocycles. The first-order valence-corrected chi connectivity index (χ1v) is 16.8. The number of carboxylic acid groups (broad SMARTS) is 1. The molecule has 0 rings (SSSR count). The van der Waals surface area contributed by atoms with Gasteiger partial charge in [0, 0.05) is 12.8 Å². The molecular weight excluding hydrogens is 502 g/mol. The SMILES string of the molecule is CCCCCC/C=C\C(CCCCCCC(=O)NCC(=O)O)OC(=O)CCCCCCCCCCCCCCC. The molecule has 0 spiro atoms. The van der Waals surface area contributed by atoms with Crippen LogP contribution in [0, 0.1) is 0 Å². The van der Waals surface area contributed by atoms with Crippen molar-refractivity contribution in [1.29, 1.82) is 0 Å². The quantitative estimate of drug-likeness (QED) is 0.0514. The Balaban J connectivity index is 4.07. The number of allylic oxidation sites excluding steroid dienone is 1. The summed E-state index contributed by atoms with van der Waals surface area (Å²) < 4.78 is 5.84. The second-order valence-electron chi connectivity index (χ2n) is 11.4. The van der Waals surface area contributed by atoms with Gasteiger partial charge in [0.2, 0.25) is 5.91 Å². The van der Waals surface area contributed by atoms with Crippen LogP contribution in [-0.4, -0.2) is 35.6 Å². The second-order valence-corrected chi connectivity index (χ2v) is 11.4. The van der Waals surface area contributed by atoms with E-state index in [1.165, 1.54) is 96.3 Å². The van der Waals surface area contributed by atoms with Crippen molar-refractivity contribution in [2.75, 3.05) is 6.54 Å². The van der Waals surface area contributed by atoms with Crippen molar-refractivity contribution in [3.05, 3.63) is 12.2 Å². The van der Waals surface area contributed by atoms with Gasteiger partial charge in [-0.3, -0.25) is 14.4 Å². The van der Waals surface area contributed by atoms with Gasteiger partial charge in [-0.05, 0) is 44.6 Å². The Hall–Kier alpha value is -1.85. The van der Waals surface area contributed by atoms with Crippen molar-refractivity contribution in [2.45, 2.75) is 180 Å². The molecule has 6 heteroatoms. The van der Waals surface area contributed by atoms with Crippen LogP contribution in [0.3, 0.4) is 0 Å².